The molecule has 0 spiro atoms. The van der Waals surface area contributed by atoms with E-state index in [-0.39, 0.29) is 5.82 Å². The van der Waals surface area contributed by atoms with Crippen molar-refractivity contribution < 1.29 is 9.13 Å². The first-order chi connectivity index (χ1) is 9.29. The van der Waals surface area contributed by atoms with Gasteiger partial charge >= 0.3 is 0 Å². The molecule has 100 valence electrons. The topological polar surface area (TPSA) is 35.2 Å². The molecule has 2 aromatic carbocycles. The van der Waals surface area contributed by atoms with Crippen LogP contribution in [-0.4, -0.2) is 6.54 Å². The molecule has 2 aromatic rings. The van der Waals surface area contributed by atoms with Gasteiger partial charge in [-0.05, 0) is 48.7 Å². The molecule has 2 N–H and O–H groups in total. The third-order valence-electron chi connectivity index (χ3n) is 2.93. The normalized spacial score (nSPS) is 10.4. The van der Waals surface area contributed by atoms with Crippen LogP contribution in [0, 0.1) is 5.82 Å². The number of halogens is 1. The molecule has 0 atom stereocenters. The van der Waals surface area contributed by atoms with Gasteiger partial charge < -0.3 is 10.5 Å². The number of hydrogen-bond donors (Lipinski definition) is 1. The SMILES string of the molecule is NCCCc1ccccc1OCc1ccc(F)cc1. The Balaban J connectivity index is 2.00. The van der Waals surface area contributed by atoms with Gasteiger partial charge in [-0.2, -0.15) is 0 Å². The number of aryl methyl sites for hydroxylation is 1. The Bertz CT molecular complexity index is 510. The number of benzene rings is 2. The van der Waals surface area contributed by atoms with Gasteiger partial charge in [-0.1, -0.05) is 30.3 Å². The third-order valence-corrected chi connectivity index (χ3v) is 2.93. The Hall–Kier alpha value is -1.87. The monoisotopic (exact) mass is 259 g/mol. The van der Waals surface area contributed by atoms with Crippen molar-refractivity contribution in [3.63, 3.8) is 0 Å². The van der Waals surface area contributed by atoms with Crippen LogP contribution in [0.25, 0.3) is 0 Å². The molecule has 2 rings (SSSR count). The van der Waals surface area contributed by atoms with Crippen molar-refractivity contribution in [2.45, 2.75) is 19.4 Å². The largest absolute Gasteiger partial charge is 0.489 e. The molecule has 0 radical (unpaired) electrons. The lowest BCUT2D eigenvalue weighted by Gasteiger charge is -2.11. The molecular weight excluding hydrogens is 241 g/mol. The second kappa shape index (κ2) is 6.90. The van der Waals surface area contributed by atoms with Crippen molar-refractivity contribution in [1.82, 2.24) is 0 Å². The second-order valence-electron chi connectivity index (χ2n) is 4.42. The van der Waals surface area contributed by atoms with E-state index in [9.17, 15) is 4.39 Å². The summed E-state index contributed by atoms with van der Waals surface area (Å²) >= 11 is 0. The van der Waals surface area contributed by atoms with Crippen LogP contribution in [0.1, 0.15) is 17.5 Å². The Kier molecular flexibility index (Phi) is 4.93. The van der Waals surface area contributed by atoms with Gasteiger partial charge in [-0.15, -0.1) is 0 Å². The van der Waals surface area contributed by atoms with Crippen LogP contribution in [0.3, 0.4) is 0 Å². The highest BCUT2D eigenvalue weighted by molar-refractivity contribution is 5.33. The zero-order chi connectivity index (χ0) is 13.5. The third kappa shape index (κ3) is 4.07. The van der Waals surface area contributed by atoms with Gasteiger partial charge in [0.25, 0.3) is 0 Å². The van der Waals surface area contributed by atoms with E-state index >= 15 is 0 Å². The van der Waals surface area contributed by atoms with Crippen molar-refractivity contribution in [2.75, 3.05) is 6.54 Å². The van der Waals surface area contributed by atoms with Crippen molar-refractivity contribution >= 4 is 0 Å². The van der Waals surface area contributed by atoms with E-state index in [4.69, 9.17) is 10.5 Å². The first-order valence-electron chi connectivity index (χ1n) is 6.45. The Labute approximate surface area is 113 Å². The molecule has 0 aliphatic carbocycles. The first kappa shape index (κ1) is 13.6. The summed E-state index contributed by atoms with van der Waals surface area (Å²) in [4.78, 5) is 0. The molecule has 0 aliphatic rings. The predicted molar refractivity (Wildman–Crippen MR) is 74.5 cm³/mol. The summed E-state index contributed by atoms with van der Waals surface area (Å²) in [5, 5.41) is 0. The van der Waals surface area contributed by atoms with Crippen molar-refractivity contribution in [3.8, 4) is 5.75 Å². The molecule has 0 amide bonds. The van der Waals surface area contributed by atoms with E-state index in [1.54, 1.807) is 12.1 Å². The minimum atomic E-state index is -0.230. The Morgan fingerprint density at radius 2 is 1.74 bits per heavy atom. The summed E-state index contributed by atoms with van der Waals surface area (Å²) < 4.78 is 18.6. The maximum Gasteiger partial charge on any atom is 0.123 e. The standard InChI is InChI=1S/C16H18FNO/c17-15-9-7-13(8-10-15)12-19-16-6-2-1-4-14(16)5-3-11-18/h1-2,4,6-10H,3,5,11-12,18H2. The summed E-state index contributed by atoms with van der Waals surface area (Å²) in [5.74, 6) is 0.646. The second-order valence-corrected chi connectivity index (χ2v) is 4.42. The van der Waals surface area contributed by atoms with Crippen LogP contribution in [-0.2, 0) is 13.0 Å². The van der Waals surface area contributed by atoms with Crippen LogP contribution in [0.2, 0.25) is 0 Å². The fourth-order valence-electron chi connectivity index (χ4n) is 1.89. The molecule has 0 fully saturated rings. The molecule has 0 aliphatic heterocycles. The number of para-hydroxylation sites is 1. The zero-order valence-electron chi connectivity index (χ0n) is 10.8. The van der Waals surface area contributed by atoms with Gasteiger partial charge in [-0.25, -0.2) is 4.39 Å². The quantitative estimate of drug-likeness (QED) is 0.864. The minimum Gasteiger partial charge on any atom is -0.489 e. The average molecular weight is 259 g/mol. The zero-order valence-corrected chi connectivity index (χ0v) is 10.8. The minimum absolute atomic E-state index is 0.230. The number of hydrogen-bond acceptors (Lipinski definition) is 2. The molecule has 3 heteroatoms. The molecule has 0 heterocycles. The van der Waals surface area contributed by atoms with Gasteiger partial charge in [0.1, 0.15) is 18.2 Å². The number of nitrogens with two attached hydrogens (primary N) is 1. The van der Waals surface area contributed by atoms with Crippen LogP contribution >= 0.6 is 0 Å². The highest BCUT2D eigenvalue weighted by Crippen LogP contribution is 2.20. The van der Waals surface area contributed by atoms with Crippen LogP contribution in [0.15, 0.2) is 48.5 Å². The lowest BCUT2D eigenvalue weighted by atomic mass is 10.1. The average Bonchev–Trinajstić information content (AvgIpc) is 2.45. The van der Waals surface area contributed by atoms with Crippen LogP contribution in [0.5, 0.6) is 5.75 Å². The molecule has 2 nitrogen and oxygen atoms in total. The molecule has 0 unspecified atom stereocenters. The van der Waals surface area contributed by atoms with Crippen LogP contribution < -0.4 is 10.5 Å². The van der Waals surface area contributed by atoms with Gasteiger partial charge in [-0.3, -0.25) is 0 Å². The summed E-state index contributed by atoms with van der Waals surface area (Å²) in [6.07, 6.45) is 1.85. The summed E-state index contributed by atoms with van der Waals surface area (Å²) in [6, 6.07) is 14.3. The molecular formula is C16H18FNO. The van der Waals surface area contributed by atoms with Gasteiger partial charge in [0.05, 0.1) is 0 Å². The van der Waals surface area contributed by atoms with E-state index in [0.717, 1.165) is 29.7 Å². The smallest absolute Gasteiger partial charge is 0.123 e. The van der Waals surface area contributed by atoms with Gasteiger partial charge in [0.15, 0.2) is 0 Å². The van der Waals surface area contributed by atoms with E-state index in [2.05, 4.69) is 6.07 Å². The Morgan fingerprint density at radius 1 is 1.00 bits per heavy atom. The van der Waals surface area contributed by atoms with Gasteiger partial charge in [0.2, 0.25) is 0 Å². The lowest BCUT2D eigenvalue weighted by Crippen LogP contribution is -2.03. The molecule has 0 saturated heterocycles. The maximum atomic E-state index is 12.8. The number of ether oxygens (including phenoxy) is 1. The maximum absolute atomic E-state index is 12.8. The van der Waals surface area contributed by atoms with E-state index in [0.29, 0.717) is 13.2 Å². The highest BCUT2D eigenvalue weighted by atomic mass is 19.1. The first-order valence-corrected chi connectivity index (χ1v) is 6.45. The summed E-state index contributed by atoms with van der Waals surface area (Å²) in [7, 11) is 0. The van der Waals surface area contributed by atoms with E-state index < -0.39 is 0 Å². The van der Waals surface area contributed by atoms with Crippen molar-refractivity contribution in [3.05, 3.63) is 65.5 Å². The van der Waals surface area contributed by atoms with Crippen molar-refractivity contribution in [2.24, 2.45) is 5.73 Å². The highest BCUT2D eigenvalue weighted by Gasteiger charge is 2.03. The summed E-state index contributed by atoms with van der Waals surface area (Å²) in [5.41, 5.74) is 7.65. The molecule has 0 aromatic heterocycles. The van der Waals surface area contributed by atoms with Crippen LogP contribution in [0.4, 0.5) is 4.39 Å². The summed E-state index contributed by atoms with van der Waals surface area (Å²) in [6.45, 7) is 1.12. The van der Waals surface area contributed by atoms with E-state index in [1.165, 1.54) is 12.1 Å². The van der Waals surface area contributed by atoms with Gasteiger partial charge in [0, 0.05) is 0 Å². The fraction of sp³-hybridized carbons (Fsp3) is 0.250. The molecule has 19 heavy (non-hydrogen) atoms. The van der Waals surface area contributed by atoms with Crippen molar-refractivity contribution in [1.29, 1.82) is 0 Å². The fourth-order valence-corrected chi connectivity index (χ4v) is 1.89. The van der Waals surface area contributed by atoms with E-state index in [1.807, 2.05) is 18.2 Å². The Morgan fingerprint density at radius 3 is 2.47 bits per heavy atom. The molecule has 0 bridgehead atoms. The predicted octanol–water partition coefficient (Wildman–Crippen LogP) is 3.30. The lowest BCUT2D eigenvalue weighted by molar-refractivity contribution is 0.302. The molecule has 0 saturated carbocycles. The number of rotatable bonds is 6.